The van der Waals surface area contributed by atoms with Crippen molar-refractivity contribution in [2.75, 3.05) is 7.11 Å². The first-order chi connectivity index (χ1) is 11.7. The van der Waals surface area contributed by atoms with Crippen molar-refractivity contribution < 1.29 is 9.53 Å². The summed E-state index contributed by atoms with van der Waals surface area (Å²) >= 11 is 0. The van der Waals surface area contributed by atoms with Crippen molar-refractivity contribution in [1.29, 1.82) is 0 Å². The second-order valence-corrected chi connectivity index (χ2v) is 6.33. The highest BCUT2D eigenvalue weighted by Gasteiger charge is 2.15. The van der Waals surface area contributed by atoms with Crippen LogP contribution < -0.4 is 15.4 Å². The minimum absolute atomic E-state index is 0.0621. The minimum atomic E-state index is 0.0621. The van der Waals surface area contributed by atoms with Gasteiger partial charge in [-0.25, -0.2) is 0 Å². The number of amides is 1. The number of methoxy groups -OCH3 is 1. The molecule has 0 spiro atoms. The third-order valence-corrected chi connectivity index (χ3v) is 4.55. The molecule has 24 heavy (non-hydrogen) atoms. The number of rotatable bonds is 6. The molecule has 0 saturated heterocycles. The molecule has 126 valence electrons. The lowest BCUT2D eigenvalue weighted by atomic mass is 9.96. The van der Waals surface area contributed by atoms with Crippen LogP contribution in [0.5, 0.6) is 5.75 Å². The maximum Gasteiger partial charge on any atom is 0.220 e. The molecule has 0 bridgehead atoms. The third kappa shape index (κ3) is 3.77. The van der Waals surface area contributed by atoms with Gasteiger partial charge in [-0.3, -0.25) is 4.79 Å². The summed E-state index contributed by atoms with van der Waals surface area (Å²) in [5, 5.41) is 6.36. The van der Waals surface area contributed by atoms with E-state index in [2.05, 4.69) is 35.8 Å². The molecular weight excluding hydrogens is 300 g/mol. The lowest BCUT2D eigenvalue weighted by Gasteiger charge is -2.15. The molecule has 1 amide bonds. The number of carbonyl (C=O) groups excluding carboxylic acids is 1. The van der Waals surface area contributed by atoms with Crippen LogP contribution in [0, 0.1) is 0 Å². The van der Waals surface area contributed by atoms with Crippen LogP contribution in [0.4, 0.5) is 0 Å². The van der Waals surface area contributed by atoms with Crippen molar-refractivity contribution in [3.05, 3.63) is 64.7 Å². The highest BCUT2D eigenvalue weighted by molar-refractivity contribution is 5.77. The van der Waals surface area contributed by atoms with Crippen LogP contribution >= 0.6 is 0 Å². The third-order valence-electron chi connectivity index (χ3n) is 4.55. The van der Waals surface area contributed by atoms with Gasteiger partial charge in [0.15, 0.2) is 0 Å². The van der Waals surface area contributed by atoms with Gasteiger partial charge in [-0.05, 0) is 34.2 Å². The van der Waals surface area contributed by atoms with Gasteiger partial charge in [-0.15, -0.1) is 0 Å². The molecule has 2 aromatic carbocycles. The molecule has 2 aromatic rings. The van der Waals surface area contributed by atoms with E-state index in [4.69, 9.17) is 4.74 Å². The van der Waals surface area contributed by atoms with E-state index < -0.39 is 0 Å². The highest BCUT2D eigenvalue weighted by atomic mass is 16.5. The molecule has 1 atom stereocenters. The smallest absolute Gasteiger partial charge is 0.220 e. The van der Waals surface area contributed by atoms with E-state index in [9.17, 15) is 4.79 Å². The summed E-state index contributed by atoms with van der Waals surface area (Å²) in [5.74, 6) is 1.02. The Morgan fingerprint density at radius 1 is 1.21 bits per heavy atom. The predicted molar refractivity (Wildman–Crippen MR) is 94.9 cm³/mol. The molecule has 1 aliphatic heterocycles. The number of benzene rings is 2. The average Bonchev–Trinajstić information content (AvgIpc) is 3.07. The summed E-state index contributed by atoms with van der Waals surface area (Å²) in [6.45, 7) is 4.49. The summed E-state index contributed by atoms with van der Waals surface area (Å²) in [6.07, 6.45) is 0.451. The summed E-state index contributed by atoms with van der Waals surface area (Å²) in [7, 11) is 1.66. The van der Waals surface area contributed by atoms with E-state index in [0.29, 0.717) is 13.0 Å². The second kappa shape index (κ2) is 7.49. The van der Waals surface area contributed by atoms with Crippen LogP contribution in [0.2, 0.25) is 0 Å². The molecule has 0 aromatic heterocycles. The van der Waals surface area contributed by atoms with Gasteiger partial charge >= 0.3 is 0 Å². The zero-order valence-electron chi connectivity index (χ0n) is 14.3. The molecule has 1 aliphatic rings. The Balaban J connectivity index is 1.55. The Morgan fingerprint density at radius 3 is 2.83 bits per heavy atom. The van der Waals surface area contributed by atoms with Crippen molar-refractivity contribution in [1.82, 2.24) is 10.6 Å². The second-order valence-electron chi connectivity index (χ2n) is 6.33. The minimum Gasteiger partial charge on any atom is -0.496 e. The molecule has 1 heterocycles. The number of ether oxygens (including phenoxy) is 1. The van der Waals surface area contributed by atoms with E-state index >= 15 is 0 Å². The van der Waals surface area contributed by atoms with Gasteiger partial charge in [0.25, 0.3) is 0 Å². The SMILES string of the molecule is COc1ccccc1C(C)CC(=O)NCc1ccc2c(c1)CNC2. The van der Waals surface area contributed by atoms with Gasteiger partial charge in [-0.2, -0.15) is 0 Å². The molecule has 4 nitrogen and oxygen atoms in total. The fourth-order valence-electron chi connectivity index (χ4n) is 3.19. The van der Waals surface area contributed by atoms with Crippen LogP contribution in [0.15, 0.2) is 42.5 Å². The summed E-state index contributed by atoms with van der Waals surface area (Å²) in [4.78, 5) is 12.3. The predicted octanol–water partition coefficient (Wildman–Crippen LogP) is 3.11. The van der Waals surface area contributed by atoms with Crippen molar-refractivity contribution in [2.24, 2.45) is 0 Å². The van der Waals surface area contributed by atoms with Gasteiger partial charge in [0, 0.05) is 26.1 Å². The van der Waals surface area contributed by atoms with E-state index in [-0.39, 0.29) is 11.8 Å². The molecule has 0 fully saturated rings. The molecule has 1 unspecified atom stereocenters. The van der Waals surface area contributed by atoms with Crippen molar-refractivity contribution in [3.63, 3.8) is 0 Å². The normalized spacial score (nSPS) is 14.1. The first-order valence-electron chi connectivity index (χ1n) is 8.38. The molecular formula is C20H24N2O2. The number of hydrogen-bond donors (Lipinski definition) is 2. The summed E-state index contributed by atoms with van der Waals surface area (Å²) in [5.41, 5.74) is 4.91. The fourth-order valence-corrected chi connectivity index (χ4v) is 3.19. The number of para-hydroxylation sites is 1. The number of hydrogen-bond acceptors (Lipinski definition) is 3. The Kier molecular flexibility index (Phi) is 5.16. The zero-order chi connectivity index (χ0) is 16.9. The highest BCUT2D eigenvalue weighted by Crippen LogP contribution is 2.28. The maximum absolute atomic E-state index is 12.3. The Morgan fingerprint density at radius 2 is 2.00 bits per heavy atom. The first kappa shape index (κ1) is 16.5. The summed E-state index contributed by atoms with van der Waals surface area (Å²) in [6, 6.07) is 14.3. The first-order valence-corrected chi connectivity index (χ1v) is 8.38. The zero-order valence-corrected chi connectivity index (χ0v) is 14.3. The van der Waals surface area contributed by atoms with Crippen LogP contribution in [0.3, 0.4) is 0 Å². The van der Waals surface area contributed by atoms with Gasteiger partial charge in [0.05, 0.1) is 7.11 Å². The lowest BCUT2D eigenvalue weighted by Crippen LogP contribution is -2.24. The molecule has 0 radical (unpaired) electrons. The van der Waals surface area contributed by atoms with Crippen molar-refractivity contribution in [3.8, 4) is 5.75 Å². The largest absolute Gasteiger partial charge is 0.496 e. The Hall–Kier alpha value is -2.33. The quantitative estimate of drug-likeness (QED) is 0.858. The fraction of sp³-hybridized carbons (Fsp3) is 0.350. The van der Waals surface area contributed by atoms with Crippen LogP contribution in [0.1, 0.15) is 41.5 Å². The number of carbonyl (C=O) groups is 1. The lowest BCUT2D eigenvalue weighted by molar-refractivity contribution is -0.121. The van der Waals surface area contributed by atoms with E-state index in [0.717, 1.165) is 30.0 Å². The van der Waals surface area contributed by atoms with Gasteiger partial charge < -0.3 is 15.4 Å². The van der Waals surface area contributed by atoms with Gasteiger partial charge in [0.2, 0.25) is 5.91 Å². The van der Waals surface area contributed by atoms with Crippen LogP contribution in [-0.4, -0.2) is 13.0 Å². The average molecular weight is 324 g/mol. The van der Waals surface area contributed by atoms with Crippen LogP contribution in [-0.2, 0) is 24.4 Å². The van der Waals surface area contributed by atoms with E-state index in [1.807, 2.05) is 24.3 Å². The molecule has 0 saturated carbocycles. The standard InChI is InChI=1S/C20H24N2O2/c1-14(18-5-3-4-6-19(18)24-2)9-20(23)22-11-15-7-8-16-12-21-13-17(16)10-15/h3-8,10,14,21H,9,11-13H2,1-2H3,(H,22,23). The van der Waals surface area contributed by atoms with E-state index in [1.54, 1.807) is 7.11 Å². The summed E-state index contributed by atoms with van der Waals surface area (Å²) < 4.78 is 5.38. The number of nitrogens with one attached hydrogen (secondary N) is 2. The molecule has 4 heteroatoms. The molecule has 3 rings (SSSR count). The monoisotopic (exact) mass is 324 g/mol. The molecule has 0 aliphatic carbocycles. The Labute approximate surface area is 143 Å². The van der Waals surface area contributed by atoms with Gasteiger partial charge in [-0.1, -0.05) is 43.3 Å². The van der Waals surface area contributed by atoms with E-state index in [1.165, 1.54) is 11.1 Å². The maximum atomic E-state index is 12.3. The Bertz CT molecular complexity index is 727. The topological polar surface area (TPSA) is 50.4 Å². The van der Waals surface area contributed by atoms with Gasteiger partial charge in [0.1, 0.15) is 5.75 Å². The van der Waals surface area contributed by atoms with Crippen molar-refractivity contribution in [2.45, 2.75) is 38.9 Å². The molecule has 2 N–H and O–H groups in total. The van der Waals surface area contributed by atoms with Crippen molar-refractivity contribution >= 4 is 5.91 Å². The number of fused-ring (bicyclic) bond motifs is 1. The van der Waals surface area contributed by atoms with Crippen LogP contribution in [0.25, 0.3) is 0 Å².